The molecule has 2 spiro atoms. The number of hydrogen-bond donors (Lipinski definition) is 2. The first-order valence-electron chi connectivity index (χ1n) is 23.2. The highest BCUT2D eigenvalue weighted by atomic mass is 16.9. The molecule has 12 nitrogen and oxygen atoms in total. The van der Waals surface area contributed by atoms with Crippen LogP contribution in [0.3, 0.4) is 0 Å². The number of ether oxygens (including phenoxy) is 2. The van der Waals surface area contributed by atoms with Crippen LogP contribution in [0.1, 0.15) is 22.3 Å². The number of hydrogen-bond acceptors (Lipinski definition) is 10. The van der Waals surface area contributed by atoms with Crippen molar-refractivity contribution in [1.29, 1.82) is 0 Å². The zero-order chi connectivity index (χ0) is 43.7. The molecule has 8 aromatic carbocycles. The second kappa shape index (κ2) is 16.3. The molecular formula is C52H48B2N2O10. The normalized spacial score (nSPS) is 19.0. The highest BCUT2D eigenvalue weighted by Gasteiger charge is 2.49. The van der Waals surface area contributed by atoms with Crippen molar-refractivity contribution in [2.45, 2.75) is 26.4 Å². The third-order valence-corrected chi connectivity index (χ3v) is 13.5. The summed E-state index contributed by atoms with van der Waals surface area (Å²) in [6, 6.07) is 41.7. The highest BCUT2D eigenvalue weighted by molar-refractivity contribution is 6.57. The van der Waals surface area contributed by atoms with Gasteiger partial charge in [0, 0.05) is 70.9 Å². The average molecular weight is 883 g/mol. The van der Waals surface area contributed by atoms with Crippen molar-refractivity contribution in [2.24, 2.45) is 0 Å². The Hall–Kier alpha value is -6.19. The van der Waals surface area contributed by atoms with E-state index in [0.717, 1.165) is 140 Å². The average Bonchev–Trinajstić information content (AvgIpc) is 3.38. The van der Waals surface area contributed by atoms with Crippen molar-refractivity contribution in [1.82, 2.24) is 0 Å². The van der Waals surface area contributed by atoms with Gasteiger partial charge in [0.2, 0.25) is 0 Å². The van der Waals surface area contributed by atoms with Crippen LogP contribution in [0.5, 0.6) is 23.0 Å². The van der Waals surface area contributed by atoms with Crippen molar-refractivity contribution in [3.63, 3.8) is 0 Å². The Morgan fingerprint density at radius 2 is 0.591 bits per heavy atom. The summed E-state index contributed by atoms with van der Waals surface area (Å²) in [7, 11) is 0. The van der Waals surface area contributed by atoms with Gasteiger partial charge in [-0.3, -0.25) is 0 Å². The van der Waals surface area contributed by atoms with E-state index in [1.165, 1.54) is 0 Å². The minimum Gasteiger partial charge on any atom is -0.634 e. The van der Waals surface area contributed by atoms with Crippen molar-refractivity contribution in [3.05, 3.63) is 144 Å². The van der Waals surface area contributed by atoms with Crippen molar-refractivity contribution < 1.29 is 57.3 Å². The van der Waals surface area contributed by atoms with Crippen LogP contribution in [0.2, 0.25) is 0 Å². The van der Waals surface area contributed by atoms with Crippen LogP contribution >= 0.6 is 0 Å². The minimum atomic E-state index is -2.79. The Morgan fingerprint density at radius 1 is 0.333 bits per heavy atom. The van der Waals surface area contributed by atoms with Crippen LogP contribution in [0, 0.1) is 0 Å². The van der Waals surface area contributed by atoms with Gasteiger partial charge in [0.25, 0.3) is 0 Å². The molecule has 66 heavy (non-hydrogen) atoms. The summed E-state index contributed by atoms with van der Waals surface area (Å²) < 4.78 is 64.9. The number of nitrogens with two attached hydrogens (primary N) is 2. The number of morpholine rings is 2. The maximum absolute atomic E-state index is 7.10. The first kappa shape index (κ1) is 40.1. The molecular weight excluding hydrogens is 834 g/mol. The van der Waals surface area contributed by atoms with E-state index in [0.29, 0.717) is 23.0 Å². The molecule has 15 rings (SSSR count). The molecule has 8 aromatic rings. The van der Waals surface area contributed by atoms with Crippen LogP contribution in [0.25, 0.3) is 65.3 Å². The lowest BCUT2D eigenvalue weighted by atomic mass is 9.83. The van der Waals surface area contributed by atoms with Crippen LogP contribution in [-0.4, -0.2) is 66.5 Å². The Labute approximate surface area is 381 Å². The van der Waals surface area contributed by atoms with Gasteiger partial charge in [-0.2, -0.15) is 0 Å². The molecule has 0 saturated carbocycles. The molecule has 4 N–H and O–H groups in total. The molecule has 14 heteroatoms. The largest absolute Gasteiger partial charge is 0.652 e. The zero-order valence-electron chi connectivity index (χ0n) is 36.4. The van der Waals surface area contributed by atoms with Crippen LogP contribution in [0.4, 0.5) is 0 Å². The van der Waals surface area contributed by atoms with Crippen LogP contribution in [0.15, 0.2) is 121 Å². The number of quaternary nitrogens is 2. The van der Waals surface area contributed by atoms with Gasteiger partial charge in [-0.25, -0.2) is 0 Å². The van der Waals surface area contributed by atoms with E-state index in [9.17, 15) is 0 Å². The summed E-state index contributed by atoms with van der Waals surface area (Å²) in [6.45, 7) is 3.68. The fraction of sp³-hybridized carbons (Fsp3) is 0.231. The van der Waals surface area contributed by atoms with E-state index in [1.54, 1.807) is 0 Å². The highest BCUT2D eigenvalue weighted by Crippen LogP contribution is 2.56. The van der Waals surface area contributed by atoms with Gasteiger partial charge in [-0.1, -0.05) is 97.1 Å². The van der Waals surface area contributed by atoms with Gasteiger partial charge in [-0.05, 0) is 67.4 Å². The lowest BCUT2D eigenvalue weighted by molar-refractivity contribution is -0.670. The maximum atomic E-state index is 7.10. The second-order valence-corrected chi connectivity index (χ2v) is 17.7. The van der Waals surface area contributed by atoms with Crippen LogP contribution < -0.4 is 29.3 Å². The number of benzene rings is 8. The number of fused-ring (bicyclic) bond motifs is 10. The van der Waals surface area contributed by atoms with E-state index >= 15 is 0 Å². The molecule has 2 saturated heterocycles. The maximum Gasteiger partial charge on any atom is 0.652 e. The fourth-order valence-electron chi connectivity index (χ4n) is 10.4. The van der Waals surface area contributed by atoms with Crippen LogP contribution in [-0.2, 0) is 54.5 Å². The van der Waals surface area contributed by atoms with E-state index < -0.39 is 13.9 Å². The van der Waals surface area contributed by atoms with Gasteiger partial charge >= 0.3 is 13.9 Å². The molecule has 332 valence electrons. The zero-order valence-corrected chi connectivity index (χ0v) is 36.4. The third kappa shape index (κ3) is 6.79. The summed E-state index contributed by atoms with van der Waals surface area (Å²) in [5.41, 5.74) is 6.91. The summed E-state index contributed by atoms with van der Waals surface area (Å²) >= 11 is 0. The summed E-state index contributed by atoms with van der Waals surface area (Å²) in [5, 5.41) is 12.6. The molecule has 0 aromatic heterocycles. The molecule has 0 unspecified atom stereocenters. The van der Waals surface area contributed by atoms with Crippen molar-refractivity contribution in [2.75, 3.05) is 52.6 Å². The predicted octanol–water partition coefficient (Wildman–Crippen LogP) is 7.01. The molecule has 0 aliphatic carbocycles. The molecule has 0 radical (unpaired) electrons. The van der Waals surface area contributed by atoms with Gasteiger partial charge in [0.1, 0.15) is 0 Å². The van der Waals surface area contributed by atoms with Crippen molar-refractivity contribution in [3.8, 4) is 45.3 Å². The fourth-order valence-corrected chi connectivity index (χ4v) is 10.4. The number of rotatable bonds is 0. The molecule has 0 amide bonds. The Balaban J connectivity index is 0.000000318. The third-order valence-electron chi connectivity index (χ3n) is 13.5. The molecule has 2 fully saturated rings. The monoisotopic (exact) mass is 882 g/mol. The van der Waals surface area contributed by atoms with E-state index in [-0.39, 0.29) is 26.4 Å². The molecule has 7 heterocycles. The minimum absolute atomic E-state index is 0.214. The molecule has 6 bridgehead atoms. The summed E-state index contributed by atoms with van der Waals surface area (Å²) in [4.78, 5) is 0. The Morgan fingerprint density at radius 3 is 0.818 bits per heavy atom. The van der Waals surface area contributed by atoms with E-state index in [4.69, 9.17) is 46.7 Å². The Bertz CT molecular complexity index is 2790. The topological polar surface area (TPSA) is 126 Å². The standard InChI is InChI=1S/C44H28B2O8.2C4H9NO/c1-5-13-33-25(9-1)17-29-21-47-45-48-23-31-19-27-11-3-7-15-35(27)39(43(31)53-45)40-36-16-8-4-12-28(36)20-32-24-50-46(54-44(32)40)49-22-30-18-26-10-2-6-14-34(26)38(42(30)52-46)37(33)41(29)51-45;2*1-3-6-4-2-5-1/h1-20H,21-24H2;2*5H,1-4H2/q-2;;/p+2. The van der Waals surface area contributed by atoms with Gasteiger partial charge < -0.3 is 57.3 Å². The van der Waals surface area contributed by atoms with E-state index in [2.05, 4.69) is 83.4 Å². The smallest absolute Gasteiger partial charge is 0.634 e. The van der Waals surface area contributed by atoms with E-state index in [1.807, 2.05) is 48.5 Å². The van der Waals surface area contributed by atoms with Gasteiger partial charge in [-0.15, -0.1) is 0 Å². The molecule has 0 atom stereocenters. The first-order chi connectivity index (χ1) is 32.6. The second-order valence-electron chi connectivity index (χ2n) is 17.7. The molecule has 7 aliphatic heterocycles. The van der Waals surface area contributed by atoms with Crippen molar-refractivity contribution >= 4 is 57.0 Å². The van der Waals surface area contributed by atoms with Gasteiger partial charge in [0.15, 0.2) is 0 Å². The predicted molar refractivity (Wildman–Crippen MR) is 252 cm³/mol. The summed E-state index contributed by atoms with van der Waals surface area (Å²) in [6.07, 6.45) is 0. The summed E-state index contributed by atoms with van der Waals surface area (Å²) in [5.74, 6) is 2.49. The quantitative estimate of drug-likeness (QED) is 0.154. The van der Waals surface area contributed by atoms with Gasteiger partial charge in [0.05, 0.1) is 75.6 Å². The molecule has 7 aliphatic rings. The lowest BCUT2D eigenvalue weighted by Gasteiger charge is -2.51. The first-order valence-corrected chi connectivity index (χ1v) is 23.2. The lowest BCUT2D eigenvalue weighted by Crippen LogP contribution is -2.87. The Kier molecular flexibility index (Phi) is 9.91. The SMILES string of the molecule is C1COCC[NH2+]1.C1COCC[NH2+]1.c1ccc2c3c4c(cc2c1)CO[B-]1(OCc2cc5ccccc5c(c2O1)-c1c2c(cc5ccccc15)CO[B-]1(OCc5cc6ccccc6c-3c5O1)O2)O4.